The average molecular weight is 262 g/mol. The third-order valence-electron chi connectivity index (χ3n) is 2.57. The second-order valence-electron chi connectivity index (χ2n) is 4.10. The molecular weight excluding hydrogens is 246 g/mol. The zero-order valence-electron chi connectivity index (χ0n) is 10.3. The normalized spacial score (nSPS) is 10.1. The van der Waals surface area contributed by atoms with Crippen molar-refractivity contribution in [3.05, 3.63) is 59.1 Å². The van der Waals surface area contributed by atoms with Gasteiger partial charge in [0.2, 0.25) is 0 Å². The molecule has 2 nitrogen and oxygen atoms in total. The number of halogens is 1. The molecule has 3 heteroatoms. The van der Waals surface area contributed by atoms with Crippen LogP contribution in [0.4, 0.5) is 5.69 Å². The third-order valence-corrected chi connectivity index (χ3v) is 2.82. The Morgan fingerprint density at radius 1 is 1.00 bits per heavy atom. The van der Waals surface area contributed by atoms with E-state index in [2.05, 4.69) is 36.5 Å². The van der Waals surface area contributed by atoms with Gasteiger partial charge in [-0.2, -0.15) is 0 Å². The molecule has 0 atom stereocenters. The van der Waals surface area contributed by atoms with Crippen molar-refractivity contribution in [2.24, 2.45) is 0 Å². The summed E-state index contributed by atoms with van der Waals surface area (Å²) in [5.41, 5.74) is 2.37. The van der Waals surface area contributed by atoms with Gasteiger partial charge >= 0.3 is 0 Å². The summed E-state index contributed by atoms with van der Waals surface area (Å²) in [5.74, 6) is 0.838. The Balaban J connectivity index is 1.73. The number of ether oxygens (including phenoxy) is 1. The first-order valence-electron chi connectivity index (χ1n) is 5.93. The number of anilines is 1. The molecule has 2 aromatic rings. The predicted molar refractivity (Wildman–Crippen MR) is 76.6 cm³/mol. The highest BCUT2D eigenvalue weighted by Gasteiger charge is 1.94. The van der Waals surface area contributed by atoms with Crippen LogP contribution in [-0.2, 0) is 0 Å². The first-order chi connectivity index (χ1) is 8.74. The van der Waals surface area contributed by atoms with Crippen molar-refractivity contribution < 1.29 is 4.74 Å². The Morgan fingerprint density at radius 3 is 2.33 bits per heavy atom. The van der Waals surface area contributed by atoms with E-state index in [-0.39, 0.29) is 0 Å². The molecule has 0 aromatic heterocycles. The van der Waals surface area contributed by atoms with Gasteiger partial charge in [0, 0.05) is 17.3 Å². The highest BCUT2D eigenvalue weighted by molar-refractivity contribution is 6.30. The molecule has 94 valence electrons. The molecule has 18 heavy (non-hydrogen) atoms. The van der Waals surface area contributed by atoms with Gasteiger partial charge in [-0.15, -0.1) is 0 Å². The van der Waals surface area contributed by atoms with Gasteiger partial charge in [0.05, 0.1) is 0 Å². The van der Waals surface area contributed by atoms with E-state index < -0.39 is 0 Å². The summed E-state index contributed by atoms with van der Waals surface area (Å²) in [4.78, 5) is 0. The van der Waals surface area contributed by atoms with Crippen LogP contribution in [-0.4, -0.2) is 13.2 Å². The van der Waals surface area contributed by atoms with E-state index in [1.165, 1.54) is 5.56 Å². The molecule has 0 saturated carbocycles. The number of hydrogen-bond acceptors (Lipinski definition) is 2. The molecule has 0 fully saturated rings. The smallest absolute Gasteiger partial charge is 0.119 e. The highest BCUT2D eigenvalue weighted by Crippen LogP contribution is 2.15. The lowest BCUT2D eigenvalue weighted by atomic mass is 10.2. The molecule has 0 radical (unpaired) electrons. The fraction of sp³-hybridized carbons (Fsp3) is 0.200. The molecule has 0 amide bonds. The van der Waals surface area contributed by atoms with Crippen LogP contribution in [0, 0.1) is 6.92 Å². The van der Waals surface area contributed by atoms with E-state index in [0.717, 1.165) is 23.0 Å². The minimum Gasteiger partial charge on any atom is -0.492 e. The number of aryl methyl sites for hydroxylation is 1. The topological polar surface area (TPSA) is 21.3 Å². The Hall–Kier alpha value is -1.67. The third kappa shape index (κ3) is 3.97. The molecular formula is C15H16ClNO. The first-order valence-corrected chi connectivity index (χ1v) is 6.31. The van der Waals surface area contributed by atoms with Crippen molar-refractivity contribution in [2.75, 3.05) is 18.5 Å². The molecule has 2 aromatic carbocycles. The van der Waals surface area contributed by atoms with Gasteiger partial charge in [-0.3, -0.25) is 0 Å². The summed E-state index contributed by atoms with van der Waals surface area (Å²) in [6.07, 6.45) is 0. The minimum atomic E-state index is 0.621. The summed E-state index contributed by atoms with van der Waals surface area (Å²) in [6.45, 7) is 3.47. The average Bonchev–Trinajstić information content (AvgIpc) is 2.39. The van der Waals surface area contributed by atoms with Crippen LogP contribution in [0.2, 0.25) is 5.02 Å². The van der Waals surface area contributed by atoms with Crippen LogP contribution in [0.15, 0.2) is 48.5 Å². The summed E-state index contributed by atoms with van der Waals surface area (Å²) in [5, 5.41) is 4.02. The minimum absolute atomic E-state index is 0.621. The molecule has 2 rings (SSSR count). The first kappa shape index (κ1) is 12.8. The summed E-state index contributed by atoms with van der Waals surface area (Å²) < 4.78 is 5.59. The Bertz CT molecular complexity index is 431. The number of hydrogen-bond donors (Lipinski definition) is 1. The van der Waals surface area contributed by atoms with E-state index in [9.17, 15) is 0 Å². The summed E-state index contributed by atoms with van der Waals surface area (Å²) in [6, 6.07) is 15.7. The molecule has 1 N–H and O–H groups in total. The van der Waals surface area contributed by atoms with E-state index >= 15 is 0 Å². The van der Waals surface area contributed by atoms with E-state index in [1.54, 1.807) is 0 Å². The fourth-order valence-electron chi connectivity index (χ4n) is 1.57. The van der Waals surface area contributed by atoms with E-state index in [1.807, 2.05) is 24.3 Å². The molecule has 0 aliphatic carbocycles. The lowest BCUT2D eigenvalue weighted by Gasteiger charge is -2.08. The number of benzene rings is 2. The van der Waals surface area contributed by atoms with Gasteiger partial charge in [-0.1, -0.05) is 29.3 Å². The Kier molecular flexibility index (Phi) is 4.48. The molecule has 0 spiro atoms. The van der Waals surface area contributed by atoms with Gasteiger partial charge < -0.3 is 10.1 Å². The Morgan fingerprint density at radius 2 is 1.67 bits per heavy atom. The van der Waals surface area contributed by atoms with Gasteiger partial charge in [-0.05, 0) is 43.3 Å². The maximum Gasteiger partial charge on any atom is 0.119 e. The number of rotatable bonds is 5. The van der Waals surface area contributed by atoms with Crippen molar-refractivity contribution in [3.63, 3.8) is 0 Å². The molecule has 0 saturated heterocycles. The maximum atomic E-state index is 5.80. The largest absolute Gasteiger partial charge is 0.492 e. The zero-order valence-corrected chi connectivity index (χ0v) is 11.1. The van der Waals surface area contributed by atoms with Crippen molar-refractivity contribution in [1.29, 1.82) is 0 Å². The number of nitrogens with one attached hydrogen (secondary N) is 1. The van der Waals surface area contributed by atoms with Crippen LogP contribution in [0.3, 0.4) is 0 Å². The van der Waals surface area contributed by atoms with Crippen LogP contribution in [0.5, 0.6) is 5.75 Å². The SMILES string of the molecule is Cc1ccc(NCCOc2ccc(Cl)cc2)cc1. The van der Waals surface area contributed by atoms with Crippen LogP contribution in [0.1, 0.15) is 5.56 Å². The van der Waals surface area contributed by atoms with Crippen molar-refractivity contribution in [3.8, 4) is 5.75 Å². The zero-order chi connectivity index (χ0) is 12.8. The van der Waals surface area contributed by atoms with Crippen molar-refractivity contribution in [1.82, 2.24) is 0 Å². The Labute approximate surface area is 113 Å². The highest BCUT2D eigenvalue weighted by atomic mass is 35.5. The predicted octanol–water partition coefficient (Wildman–Crippen LogP) is 4.14. The van der Waals surface area contributed by atoms with Crippen LogP contribution >= 0.6 is 11.6 Å². The molecule has 0 unspecified atom stereocenters. The lowest BCUT2D eigenvalue weighted by molar-refractivity contribution is 0.333. The summed E-state index contributed by atoms with van der Waals surface area (Å²) in [7, 11) is 0. The van der Waals surface area contributed by atoms with Gasteiger partial charge in [0.15, 0.2) is 0 Å². The lowest BCUT2D eigenvalue weighted by Crippen LogP contribution is -2.11. The quantitative estimate of drug-likeness (QED) is 0.817. The van der Waals surface area contributed by atoms with Crippen LogP contribution < -0.4 is 10.1 Å². The van der Waals surface area contributed by atoms with Gasteiger partial charge in [0.1, 0.15) is 12.4 Å². The van der Waals surface area contributed by atoms with Gasteiger partial charge in [0.25, 0.3) is 0 Å². The fourth-order valence-corrected chi connectivity index (χ4v) is 1.69. The summed E-state index contributed by atoms with van der Waals surface area (Å²) >= 11 is 5.80. The molecule has 0 aliphatic rings. The monoisotopic (exact) mass is 261 g/mol. The maximum absolute atomic E-state index is 5.80. The van der Waals surface area contributed by atoms with Crippen molar-refractivity contribution >= 4 is 17.3 Å². The van der Waals surface area contributed by atoms with Crippen molar-refractivity contribution in [2.45, 2.75) is 6.92 Å². The molecule has 0 bridgehead atoms. The standard InChI is InChI=1S/C15H16ClNO/c1-12-2-6-14(7-3-12)17-10-11-18-15-8-4-13(16)5-9-15/h2-9,17H,10-11H2,1H3. The molecule has 0 aliphatic heterocycles. The second kappa shape index (κ2) is 6.31. The second-order valence-corrected chi connectivity index (χ2v) is 4.53. The van der Waals surface area contributed by atoms with E-state index in [0.29, 0.717) is 6.61 Å². The van der Waals surface area contributed by atoms with E-state index in [4.69, 9.17) is 16.3 Å². The van der Waals surface area contributed by atoms with Crippen LogP contribution in [0.25, 0.3) is 0 Å². The molecule has 0 heterocycles. The van der Waals surface area contributed by atoms with Gasteiger partial charge in [-0.25, -0.2) is 0 Å².